The maximum Gasteiger partial charge on any atom is 0.231 e. The third-order valence-corrected chi connectivity index (χ3v) is 5.91. The molecule has 5 aromatic rings. The summed E-state index contributed by atoms with van der Waals surface area (Å²) in [4.78, 5) is 21.5. The summed E-state index contributed by atoms with van der Waals surface area (Å²) >= 11 is 0. The molecule has 7 nitrogen and oxygen atoms in total. The minimum absolute atomic E-state index is 0.140. The first-order valence-corrected chi connectivity index (χ1v) is 11.5. The van der Waals surface area contributed by atoms with E-state index in [1.807, 2.05) is 75.1 Å². The average Bonchev–Trinajstić information content (AvgIpc) is 3.47. The Hall–Kier alpha value is -4.26. The number of rotatable bonds is 5. The van der Waals surface area contributed by atoms with Gasteiger partial charge in [0.05, 0.1) is 23.1 Å². The molecule has 0 saturated heterocycles. The van der Waals surface area contributed by atoms with Gasteiger partial charge in [0.15, 0.2) is 0 Å². The van der Waals surface area contributed by atoms with E-state index in [0.717, 1.165) is 44.8 Å². The van der Waals surface area contributed by atoms with Crippen molar-refractivity contribution in [1.29, 1.82) is 0 Å². The third kappa shape index (κ3) is 4.84. The summed E-state index contributed by atoms with van der Waals surface area (Å²) in [6, 6.07) is 20.0. The van der Waals surface area contributed by atoms with Gasteiger partial charge in [0.2, 0.25) is 11.8 Å². The van der Waals surface area contributed by atoms with Gasteiger partial charge in [-0.1, -0.05) is 50.2 Å². The Morgan fingerprint density at radius 2 is 1.74 bits per heavy atom. The normalized spacial score (nSPS) is 11.7. The predicted molar refractivity (Wildman–Crippen MR) is 137 cm³/mol. The van der Waals surface area contributed by atoms with Gasteiger partial charge in [-0.25, -0.2) is 4.98 Å². The first-order valence-electron chi connectivity index (χ1n) is 11.5. The maximum atomic E-state index is 12.5. The molecule has 3 heterocycles. The first-order chi connectivity index (χ1) is 16.8. The van der Waals surface area contributed by atoms with E-state index >= 15 is 0 Å². The van der Waals surface area contributed by atoms with Crippen LogP contribution < -0.4 is 5.32 Å². The number of hydrogen-bond donors (Lipinski definition) is 1. The van der Waals surface area contributed by atoms with Crippen LogP contribution in [0.25, 0.3) is 27.8 Å². The number of aromatic nitrogens is 4. The summed E-state index contributed by atoms with van der Waals surface area (Å²) in [5, 5.41) is 6.82. The Morgan fingerprint density at radius 3 is 2.43 bits per heavy atom. The van der Waals surface area contributed by atoms with Crippen molar-refractivity contribution >= 4 is 22.8 Å². The highest BCUT2D eigenvalue weighted by atomic mass is 16.5. The van der Waals surface area contributed by atoms with Gasteiger partial charge >= 0.3 is 0 Å². The molecule has 0 bridgehead atoms. The van der Waals surface area contributed by atoms with Gasteiger partial charge in [0.25, 0.3) is 0 Å². The molecule has 2 aromatic carbocycles. The second-order valence-corrected chi connectivity index (χ2v) is 9.72. The fraction of sp³-hybridized carbons (Fsp3) is 0.214. The summed E-state index contributed by atoms with van der Waals surface area (Å²) in [5.74, 6) is 0.211. The zero-order valence-corrected chi connectivity index (χ0v) is 20.2. The molecule has 0 radical (unpaired) electrons. The van der Waals surface area contributed by atoms with Gasteiger partial charge in [-0.15, -0.1) is 0 Å². The van der Waals surface area contributed by atoms with E-state index in [4.69, 9.17) is 4.52 Å². The van der Waals surface area contributed by atoms with Gasteiger partial charge < -0.3 is 4.52 Å². The Labute approximate surface area is 203 Å². The average molecular weight is 466 g/mol. The maximum absolute atomic E-state index is 12.5. The number of imidazole rings is 1. The number of nitrogens with zero attached hydrogens (tertiary/aromatic N) is 4. The predicted octanol–water partition coefficient (Wildman–Crippen LogP) is 5.86. The van der Waals surface area contributed by atoms with E-state index in [0.29, 0.717) is 5.88 Å². The van der Waals surface area contributed by atoms with Crippen LogP contribution in [0.3, 0.4) is 0 Å². The number of amides is 1. The zero-order chi connectivity index (χ0) is 24.6. The Morgan fingerprint density at radius 1 is 0.971 bits per heavy atom. The lowest BCUT2D eigenvalue weighted by Crippen LogP contribution is -2.14. The minimum Gasteiger partial charge on any atom is -0.338 e. The van der Waals surface area contributed by atoms with Gasteiger partial charge in [-0.3, -0.25) is 19.7 Å². The SMILES string of the molecule is Cc1ccc(-c2ccc3c(c2)ncn3-c2ccc(CC(=O)Nc3cc(C(C)(C)C)no3)cc2)cn1. The highest BCUT2D eigenvalue weighted by Gasteiger charge is 2.19. The van der Waals surface area contributed by atoms with E-state index in [1.54, 1.807) is 6.07 Å². The number of carbonyl (C=O) groups excluding carboxylic acids is 1. The van der Waals surface area contributed by atoms with Crippen molar-refractivity contribution in [3.63, 3.8) is 0 Å². The van der Waals surface area contributed by atoms with E-state index in [-0.39, 0.29) is 17.7 Å². The fourth-order valence-electron chi connectivity index (χ4n) is 3.87. The van der Waals surface area contributed by atoms with Gasteiger partial charge in [0.1, 0.15) is 6.33 Å². The van der Waals surface area contributed by atoms with Crippen molar-refractivity contribution in [1.82, 2.24) is 19.7 Å². The van der Waals surface area contributed by atoms with Crippen LogP contribution in [-0.2, 0) is 16.6 Å². The van der Waals surface area contributed by atoms with Crippen LogP contribution in [0.4, 0.5) is 5.88 Å². The van der Waals surface area contributed by atoms with Crippen molar-refractivity contribution < 1.29 is 9.32 Å². The molecule has 5 rings (SSSR count). The molecule has 7 heteroatoms. The summed E-state index contributed by atoms with van der Waals surface area (Å²) < 4.78 is 7.30. The topological polar surface area (TPSA) is 85.8 Å². The van der Waals surface area contributed by atoms with Gasteiger partial charge in [-0.2, -0.15) is 0 Å². The Kier molecular flexibility index (Phi) is 5.68. The summed E-state index contributed by atoms with van der Waals surface area (Å²) in [7, 11) is 0. The van der Waals surface area contributed by atoms with Crippen molar-refractivity contribution in [2.75, 3.05) is 5.32 Å². The highest BCUT2D eigenvalue weighted by Crippen LogP contribution is 2.26. The molecule has 0 aliphatic heterocycles. The van der Waals surface area contributed by atoms with E-state index < -0.39 is 0 Å². The number of nitrogens with one attached hydrogen (secondary N) is 1. The molecular formula is C28H27N5O2. The first kappa shape index (κ1) is 22.5. The fourth-order valence-corrected chi connectivity index (χ4v) is 3.87. The molecule has 1 N–H and O–H groups in total. The van der Waals surface area contributed by atoms with E-state index in [1.165, 1.54) is 0 Å². The molecule has 0 atom stereocenters. The molecular weight excluding hydrogens is 438 g/mol. The molecule has 0 saturated carbocycles. The molecule has 0 aliphatic carbocycles. The molecule has 3 aromatic heterocycles. The van der Waals surface area contributed by atoms with Crippen LogP contribution in [0.5, 0.6) is 0 Å². The van der Waals surface area contributed by atoms with Crippen LogP contribution in [0.1, 0.15) is 37.7 Å². The summed E-state index contributed by atoms with van der Waals surface area (Å²) in [6.45, 7) is 8.11. The van der Waals surface area contributed by atoms with Crippen molar-refractivity contribution in [3.8, 4) is 16.8 Å². The number of carbonyl (C=O) groups is 1. The quantitative estimate of drug-likeness (QED) is 0.351. The largest absolute Gasteiger partial charge is 0.338 e. The second-order valence-electron chi connectivity index (χ2n) is 9.72. The lowest BCUT2D eigenvalue weighted by Gasteiger charge is -2.12. The number of benzene rings is 2. The third-order valence-electron chi connectivity index (χ3n) is 5.91. The van der Waals surface area contributed by atoms with Crippen molar-refractivity contribution in [2.45, 2.75) is 39.5 Å². The minimum atomic E-state index is -0.152. The van der Waals surface area contributed by atoms with Crippen LogP contribution in [0.15, 0.2) is 77.7 Å². The van der Waals surface area contributed by atoms with E-state index in [9.17, 15) is 4.79 Å². The molecule has 176 valence electrons. The lowest BCUT2D eigenvalue weighted by atomic mass is 9.92. The molecule has 0 unspecified atom stereocenters. The van der Waals surface area contributed by atoms with Crippen LogP contribution >= 0.6 is 0 Å². The molecule has 0 fully saturated rings. The van der Waals surface area contributed by atoms with E-state index in [2.05, 4.69) is 44.7 Å². The monoisotopic (exact) mass is 465 g/mol. The number of hydrogen-bond acceptors (Lipinski definition) is 5. The smallest absolute Gasteiger partial charge is 0.231 e. The second kappa shape index (κ2) is 8.83. The standard InChI is InChI=1S/C28H27N5O2/c1-18-5-8-21(16-29-18)20-9-12-24-23(14-20)30-17-33(24)22-10-6-19(7-11-22)13-26(34)31-27-15-25(32-35-27)28(2,3)4/h5-12,14-17H,13H2,1-4H3,(H,31,34). The molecule has 35 heavy (non-hydrogen) atoms. The number of fused-ring (bicyclic) bond motifs is 1. The Balaban J connectivity index is 1.29. The number of pyridine rings is 1. The summed E-state index contributed by atoms with van der Waals surface area (Å²) in [6.07, 6.45) is 3.94. The zero-order valence-electron chi connectivity index (χ0n) is 20.2. The highest BCUT2D eigenvalue weighted by molar-refractivity contribution is 5.91. The molecule has 0 spiro atoms. The molecule has 0 aliphatic rings. The van der Waals surface area contributed by atoms with Crippen LogP contribution in [0.2, 0.25) is 0 Å². The lowest BCUT2D eigenvalue weighted by molar-refractivity contribution is -0.115. The summed E-state index contributed by atoms with van der Waals surface area (Å²) in [5.41, 5.74) is 7.60. The van der Waals surface area contributed by atoms with Crippen LogP contribution in [0, 0.1) is 6.92 Å². The number of aryl methyl sites for hydroxylation is 1. The number of anilines is 1. The van der Waals surface area contributed by atoms with Crippen molar-refractivity contribution in [3.05, 3.63) is 90.1 Å². The van der Waals surface area contributed by atoms with Crippen LogP contribution in [-0.4, -0.2) is 25.6 Å². The van der Waals surface area contributed by atoms with Gasteiger partial charge in [-0.05, 0) is 48.4 Å². The van der Waals surface area contributed by atoms with Crippen molar-refractivity contribution in [2.24, 2.45) is 0 Å². The van der Waals surface area contributed by atoms with Gasteiger partial charge in [0, 0.05) is 34.6 Å². The Bertz CT molecular complexity index is 1490. The molecule has 1 amide bonds.